The van der Waals surface area contributed by atoms with Gasteiger partial charge in [-0.15, -0.1) is 5.10 Å². The molecule has 0 aliphatic carbocycles. The molecular formula is C17H20N6O2. The molecule has 8 heteroatoms. The number of aryl methyl sites for hydroxylation is 1. The van der Waals surface area contributed by atoms with Crippen LogP contribution < -0.4 is 5.32 Å². The number of hydrogen-bond donors (Lipinski definition) is 1. The van der Waals surface area contributed by atoms with Gasteiger partial charge in [-0.05, 0) is 25.0 Å². The molecule has 2 rings (SSSR count). The summed E-state index contributed by atoms with van der Waals surface area (Å²) in [5.41, 5.74) is 1.68. The van der Waals surface area contributed by atoms with Crippen molar-refractivity contribution in [1.29, 1.82) is 5.26 Å². The highest BCUT2D eigenvalue weighted by molar-refractivity contribution is 5.95. The molecule has 0 saturated heterocycles. The predicted octanol–water partition coefficient (Wildman–Crippen LogP) is 1.34. The zero-order chi connectivity index (χ0) is 18.2. The topological polar surface area (TPSA) is 104 Å². The van der Waals surface area contributed by atoms with Gasteiger partial charge in [0, 0.05) is 12.2 Å². The lowest BCUT2D eigenvalue weighted by molar-refractivity contribution is -0.135. The van der Waals surface area contributed by atoms with Gasteiger partial charge in [-0.2, -0.15) is 5.26 Å². The Morgan fingerprint density at radius 3 is 2.76 bits per heavy atom. The molecule has 1 N–H and O–H groups in total. The van der Waals surface area contributed by atoms with E-state index in [1.165, 1.54) is 15.9 Å². The summed E-state index contributed by atoms with van der Waals surface area (Å²) in [6.45, 7) is 4.19. The molecule has 1 aromatic carbocycles. The molecule has 25 heavy (non-hydrogen) atoms. The zero-order valence-corrected chi connectivity index (χ0v) is 14.3. The van der Waals surface area contributed by atoms with Crippen molar-refractivity contribution in [2.75, 3.05) is 18.4 Å². The molecule has 0 radical (unpaired) electrons. The van der Waals surface area contributed by atoms with E-state index < -0.39 is 0 Å². The lowest BCUT2D eigenvalue weighted by Crippen LogP contribution is -2.40. The molecule has 0 unspecified atom stereocenters. The molecule has 0 fully saturated rings. The number of carbonyl (C=O) groups excluding carboxylic acids is 2. The SMILES string of the molecule is CCCN(CC(=O)Nc1ccccc1C)C(=O)Cn1cnc(C#N)n1. The number of nitrogens with zero attached hydrogens (tertiary/aromatic N) is 5. The molecule has 0 atom stereocenters. The first kappa shape index (κ1) is 18.1. The van der Waals surface area contributed by atoms with E-state index in [4.69, 9.17) is 5.26 Å². The number of nitriles is 1. The van der Waals surface area contributed by atoms with Gasteiger partial charge < -0.3 is 10.2 Å². The molecule has 0 bridgehead atoms. The Morgan fingerprint density at radius 1 is 1.36 bits per heavy atom. The molecule has 2 amide bonds. The first-order chi connectivity index (χ1) is 12.0. The lowest BCUT2D eigenvalue weighted by atomic mass is 10.2. The van der Waals surface area contributed by atoms with Crippen molar-refractivity contribution in [2.24, 2.45) is 0 Å². The number of nitrogens with one attached hydrogen (secondary N) is 1. The van der Waals surface area contributed by atoms with Gasteiger partial charge in [0.1, 0.15) is 18.9 Å². The summed E-state index contributed by atoms with van der Waals surface area (Å²) in [5.74, 6) is -0.504. The smallest absolute Gasteiger partial charge is 0.252 e. The van der Waals surface area contributed by atoms with Crippen LogP contribution in [0.3, 0.4) is 0 Å². The number of para-hydroxylation sites is 1. The minimum absolute atomic E-state index is 0.00661. The highest BCUT2D eigenvalue weighted by atomic mass is 16.2. The molecule has 1 heterocycles. The summed E-state index contributed by atoms with van der Waals surface area (Å²) < 4.78 is 1.29. The molecule has 0 aliphatic heterocycles. The van der Waals surface area contributed by atoms with Crippen LogP contribution >= 0.6 is 0 Å². The van der Waals surface area contributed by atoms with Crippen LogP contribution in [-0.2, 0) is 16.1 Å². The highest BCUT2D eigenvalue weighted by Crippen LogP contribution is 2.13. The number of benzene rings is 1. The Hall–Kier alpha value is -3.21. The van der Waals surface area contributed by atoms with Crippen LogP contribution in [0.5, 0.6) is 0 Å². The first-order valence-corrected chi connectivity index (χ1v) is 7.96. The highest BCUT2D eigenvalue weighted by Gasteiger charge is 2.18. The Bertz CT molecular complexity index is 792. The van der Waals surface area contributed by atoms with E-state index in [0.717, 1.165) is 17.7 Å². The quantitative estimate of drug-likeness (QED) is 0.819. The number of carbonyl (C=O) groups is 2. The maximum atomic E-state index is 12.4. The fourth-order valence-corrected chi connectivity index (χ4v) is 2.30. The average molecular weight is 340 g/mol. The van der Waals surface area contributed by atoms with Crippen molar-refractivity contribution in [3.8, 4) is 6.07 Å². The van der Waals surface area contributed by atoms with Gasteiger partial charge in [-0.1, -0.05) is 25.1 Å². The summed E-state index contributed by atoms with van der Waals surface area (Å²) in [7, 11) is 0. The Morgan fingerprint density at radius 2 is 2.12 bits per heavy atom. The Labute approximate surface area is 146 Å². The average Bonchev–Trinajstić information content (AvgIpc) is 3.04. The number of hydrogen-bond acceptors (Lipinski definition) is 5. The van der Waals surface area contributed by atoms with Crippen LogP contribution in [0.1, 0.15) is 24.7 Å². The van der Waals surface area contributed by atoms with E-state index in [1.807, 2.05) is 44.2 Å². The number of aromatic nitrogens is 3. The second kappa shape index (κ2) is 8.59. The normalized spacial score (nSPS) is 10.1. The van der Waals surface area contributed by atoms with Crippen LogP contribution in [0.4, 0.5) is 5.69 Å². The predicted molar refractivity (Wildman–Crippen MR) is 91.4 cm³/mol. The summed E-state index contributed by atoms with van der Waals surface area (Å²) >= 11 is 0. The number of anilines is 1. The minimum Gasteiger partial charge on any atom is -0.332 e. The van der Waals surface area contributed by atoms with E-state index in [2.05, 4.69) is 15.4 Å². The zero-order valence-electron chi connectivity index (χ0n) is 14.3. The maximum absolute atomic E-state index is 12.4. The third-order valence-corrected chi connectivity index (χ3v) is 3.53. The molecule has 130 valence electrons. The largest absolute Gasteiger partial charge is 0.332 e. The Kier molecular flexibility index (Phi) is 6.23. The van der Waals surface area contributed by atoms with Crippen molar-refractivity contribution in [2.45, 2.75) is 26.8 Å². The first-order valence-electron chi connectivity index (χ1n) is 7.96. The Balaban J connectivity index is 1.99. The third kappa shape index (κ3) is 5.14. The van der Waals surface area contributed by atoms with E-state index in [9.17, 15) is 9.59 Å². The standard InChI is InChI=1S/C17H20N6O2/c1-3-8-22(17(25)11-23-12-19-15(9-18)21-23)10-16(24)20-14-7-5-4-6-13(14)2/h4-7,12H,3,8,10-11H2,1-2H3,(H,20,24). The fraction of sp³-hybridized carbons (Fsp3) is 0.353. The second-order valence-corrected chi connectivity index (χ2v) is 5.56. The number of amides is 2. The lowest BCUT2D eigenvalue weighted by Gasteiger charge is -2.21. The van der Waals surface area contributed by atoms with Gasteiger partial charge in [-0.25, -0.2) is 9.67 Å². The van der Waals surface area contributed by atoms with Crippen LogP contribution in [0, 0.1) is 18.3 Å². The van der Waals surface area contributed by atoms with Crippen LogP contribution in [0.25, 0.3) is 0 Å². The van der Waals surface area contributed by atoms with Crippen molar-refractivity contribution < 1.29 is 9.59 Å². The van der Waals surface area contributed by atoms with Gasteiger partial charge >= 0.3 is 0 Å². The van der Waals surface area contributed by atoms with Crippen LogP contribution in [0.2, 0.25) is 0 Å². The molecule has 0 saturated carbocycles. The fourth-order valence-electron chi connectivity index (χ4n) is 2.30. The third-order valence-electron chi connectivity index (χ3n) is 3.53. The second-order valence-electron chi connectivity index (χ2n) is 5.56. The van der Waals surface area contributed by atoms with Gasteiger partial charge in [0.05, 0.1) is 6.54 Å². The number of rotatable bonds is 7. The minimum atomic E-state index is -0.257. The molecule has 0 aliphatic rings. The molecular weight excluding hydrogens is 320 g/mol. The van der Waals surface area contributed by atoms with Crippen molar-refractivity contribution in [3.05, 3.63) is 42.0 Å². The van der Waals surface area contributed by atoms with Crippen LogP contribution in [-0.4, -0.2) is 44.6 Å². The van der Waals surface area contributed by atoms with Gasteiger partial charge in [0.15, 0.2) is 0 Å². The van der Waals surface area contributed by atoms with Crippen molar-refractivity contribution in [1.82, 2.24) is 19.7 Å². The van der Waals surface area contributed by atoms with E-state index in [0.29, 0.717) is 6.54 Å². The monoisotopic (exact) mass is 340 g/mol. The molecule has 0 spiro atoms. The van der Waals surface area contributed by atoms with Gasteiger partial charge in [0.2, 0.25) is 11.8 Å². The summed E-state index contributed by atoms with van der Waals surface area (Å²) in [6, 6.07) is 9.27. The van der Waals surface area contributed by atoms with Gasteiger partial charge in [-0.3, -0.25) is 9.59 Å². The van der Waals surface area contributed by atoms with Gasteiger partial charge in [0.25, 0.3) is 5.82 Å². The van der Waals surface area contributed by atoms with E-state index >= 15 is 0 Å². The molecule has 1 aromatic heterocycles. The maximum Gasteiger partial charge on any atom is 0.252 e. The summed E-state index contributed by atoms with van der Waals surface area (Å²) in [5, 5.41) is 15.4. The van der Waals surface area contributed by atoms with E-state index in [1.54, 1.807) is 0 Å². The molecule has 8 nitrogen and oxygen atoms in total. The molecule has 2 aromatic rings. The summed E-state index contributed by atoms with van der Waals surface area (Å²) in [4.78, 5) is 29.9. The van der Waals surface area contributed by atoms with Crippen molar-refractivity contribution >= 4 is 17.5 Å². The van der Waals surface area contributed by atoms with Crippen molar-refractivity contribution in [3.63, 3.8) is 0 Å². The van der Waals surface area contributed by atoms with Crippen LogP contribution in [0.15, 0.2) is 30.6 Å². The van der Waals surface area contributed by atoms with E-state index in [-0.39, 0.29) is 30.7 Å². The summed E-state index contributed by atoms with van der Waals surface area (Å²) in [6.07, 6.45) is 2.05.